The average Bonchev–Trinajstić information content (AvgIpc) is 2.93. The fraction of sp³-hybridized carbons (Fsp3) is 0.500. The Kier molecular flexibility index (Phi) is 2.63. The number of fused-ring (bicyclic) bond motifs is 1. The monoisotopic (exact) mass is 230 g/mol. The summed E-state index contributed by atoms with van der Waals surface area (Å²) in [4.78, 5) is 16.6. The van der Waals surface area contributed by atoms with Gasteiger partial charge in [-0.25, -0.2) is 0 Å². The first-order chi connectivity index (χ1) is 8.25. The molecule has 0 aliphatic carbocycles. The van der Waals surface area contributed by atoms with Crippen LogP contribution in [0.4, 0.5) is 0 Å². The van der Waals surface area contributed by atoms with Gasteiger partial charge in [-0.3, -0.25) is 9.69 Å². The van der Waals surface area contributed by atoms with Crippen LogP contribution in [0.1, 0.15) is 24.0 Å². The van der Waals surface area contributed by atoms with Crippen LogP contribution in [0.5, 0.6) is 0 Å². The number of carbonyl (C=O) groups excluding carboxylic acids is 1. The van der Waals surface area contributed by atoms with Crippen LogP contribution < -0.4 is 0 Å². The van der Waals surface area contributed by atoms with E-state index in [1.807, 2.05) is 4.90 Å². The molecular formula is C14H18N2O. The van der Waals surface area contributed by atoms with Crippen molar-refractivity contribution in [3.05, 3.63) is 35.4 Å². The van der Waals surface area contributed by atoms with Gasteiger partial charge in [-0.2, -0.15) is 0 Å². The predicted octanol–water partition coefficient (Wildman–Crippen LogP) is 1.62. The van der Waals surface area contributed by atoms with Crippen LogP contribution >= 0.6 is 0 Å². The van der Waals surface area contributed by atoms with E-state index in [0.717, 1.165) is 32.5 Å². The molecule has 2 aliphatic rings. The maximum Gasteiger partial charge on any atom is 0.240 e. The summed E-state index contributed by atoms with van der Waals surface area (Å²) in [6.45, 7) is 2.63. The molecule has 0 N–H and O–H groups in total. The van der Waals surface area contributed by atoms with E-state index in [2.05, 4.69) is 36.2 Å². The number of amides is 1. The molecule has 0 radical (unpaired) electrons. The van der Waals surface area contributed by atoms with E-state index in [1.54, 1.807) is 0 Å². The number of likely N-dealkylation sites (tertiary alicyclic amines) is 1. The lowest BCUT2D eigenvalue weighted by molar-refractivity contribution is -0.136. The number of rotatable bonds is 1. The summed E-state index contributed by atoms with van der Waals surface area (Å²) in [6.07, 6.45) is 2.16. The van der Waals surface area contributed by atoms with Gasteiger partial charge in [0.1, 0.15) is 0 Å². The molecule has 1 unspecified atom stereocenters. The molecule has 0 saturated carbocycles. The van der Waals surface area contributed by atoms with Crippen LogP contribution in [0.2, 0.25) is 0 Å². The molecule has 1 atom stereocenters. The van der Waals surface area contributed by atoms with E-state index >= 15 is 0 Å². The minimum absolute atomic E-state index is 0.115. The zero-order chi connectivity index (χ0) is 11.8. The fourth-order valence-corrected chi connectivity index (χ4v) is 2.92. The topological polar surface area (TPSA) is 23.6 Å². The van der Waals surface area contributed by atoms with Gasteiger partial charge in [0.2, 0.25) is 5.91 Å². The normalized spacial score (nSPS) is 24.1. The van der Waals surface area contributed by atoms with E-state index in [0.29, 0.717) is 5.91 Å². The number of nitrogens with zero attached hydrogens (tertiary/aromatic N) is 2. The van der Waals surface area contributed by atoms with Gasteiger partial charge < -0.3 is 4.90 Å². The van der Waals surface area contributed by atoms with Crippen molar-refractivity contribution >= 4 is 5.91 Å². The van der Waals surface area contributed by atoms with Crippen LogP contribution in [-0.2, 0) is 17.9 Å². The Labute approximate surface area is 102 Å². The third-order valence-electron chi connectivity index (χ3n) is 3.96. The lowest BCUT2D eigenvalue weighted by Crippen LogP contribution is -2.41. The van der Waals surface area contributed by atoms with E-state index in [1.165, 1.54) is 11.1 Å². The van der Waals surface area contributed by atoms with Gasteiger partial charge in [0.25, 0.3) is 0 Å². The summed E-state index contributed by atoms with van der Waals surface area (Å²) < 4.78 is 0. The molecule has 1 aromatic carbocycles. The summed E-state index contributed by atoms with van der Waals surface area (Å²) in [5.41, 5.74) is 2.61. The van der Waals surface area contributed by atoms with E-state index in [4.69, 9.17) is 0 Å². The Morgan fingerprint density at radius 1 is 1.24 bits per heavy atom. The predicted molar refractivity (Wildman–Crippen MR) is 66.3 cm³/mol. The lowest BCUT2D eigenvalue weighted by Gasteiger charge is -2.24. The largest absolute Gasteiger partial charge is 0.333 e. The van der Waals surface area contributed by atoms with Crippen molar-refractivity contribution in [3.63, 3.8) is 0 Å². The molecule has 1 fully saturated rings. The van der Waals surface area contributed by atoms with Gasteiger partial charge in [0.15, 0.2) is 0 Å². The molecular weight excluding hydrogens is 212 g/mol. The summed E-state index contributed by atoms with van der Waals surface area (Å²) in [5, 5.41) is 0. The first-order valence-electron chi connectivity index (χ1n) is 6.31. The Hall–Kier alpha value is -1.35. The summed E-state index contributed by atoms with van der Waals surface area (Å²) in [6, 6.07) is 8.47. The van der Waals surface area contributed by atoms with Gasteiger partial charge in [-0.15, -0.1) is 0 Å². The van der Waals surface area contributed by atoms with E-state index in [-0.39, 0.29) is 6.04 Å². The van der Waals surface area contributed by atoms with Crippen molar-refractivity contribution in [1.29, 1.82) is 0 Å². The molecule has 90 valence electrons. The van der Waals surface area contributed by atoms with Gasteiger partial charge >= 0.3 is 0 Å². The Morgan fingerprint density at radius 3 is 2.41 bits per heavy atom. The molecule has 3 rings (SSSR count). The number of likely N-dealkylation sites (N-methyl/N-ethyl adjacent to an activating group) is 1. The molecule has 3 nitrogen and oxygen atoms in total. The second-order valence-corrected chi connectivity index (χ2v) is 5.10. The minimum atomic E-state index is 0.115. The maximum atomic E-state index is 12.4. The Balaban J connectivity index is 1.74. The summed E-state index contributed by atoms with van der Waals surface area (Å²) in [5.74, 6) is 0.307. The number of hydrogen-bond acceptors (Lipinski definition) is 2. The minimum Gasteiger partial charge on any atom is -0.333 e. The molecule has 1 amide bonds. The maximum absolute atomic E-state index is 12.4. The SMILES string of the molecule is CN1CCCC1C(=O)N1Cc2ccccc2C1. The zero-order valence-corrected chi connectivity index (χ0v) is 10.2. The number of benzene rings is 1. The van der Waals surface area contributed by atoms with Crippen molar-refractivity contribution in [2.45, 2.75) is 32.0 Å². The molecule has 0 aromatic heterocycles. The standard InChI is InChI=1S/C14H18N2O/c1-15-8-4-7-13(15)14(17)16-9-11-5-2-3-6-12(11)10-16/h2-3,5-6,13H,4,7-10H2,1H3. The highest BCUT2D eigenvalue weighted by molar-refractivity contribution is 5.82. The second-order valence-electron chi connectivity index (χ2n) is 5.10. The van der Waals surface area contributed by atoms with Crippen molar-refractivity contribution in [2.24, 2.45) is 0 Å². The summed E-state index contributed by atoms with van der Waals surface area (Å²) >= 11 is 0. The smallest absolute Gasteiger partial charge is 0.240 e. The molecule has 1 saturated heterocycles. The van der Waals surface area contributed by atoms with Crippen LogP contribution in [0.25, 0.3) is 0 Å². The highest BCUT2D eigenvalue weighted by Crippen LogP contribution is 2.25. The highest BCUT2D eigenvalue weighted by atomic mass is 16.2. The van der Waals surface area contributed by atoms with Crippen molar-refractivity contribution < 1.29 is 4.79 Å². The highest BCUT2D eigenvalue weighted by Gasteiger charge is 2.33. The van der Waals surface area contributed by atoms with Gasteiger partial charge in [-0.1, -0.05) is 24.3 Å². The van der Waals surface area contributed by atoms with E-state index < -0.39 is 0 Å². The number of carbonyl (C=O) groups is 1. The van der Waals surface area contributed by atoms with E-state index in [9.17, 15) is 4.79 Å². The van der Waals surface area contributed by atoms with Gasteiger partial charge in [0, 0.05) is 13.1 Å². The molecule has 1 aromatic rings. The third-order valence-corrected chi connectivity index (χ3v) is 3.96. The molecule has 0 spiro atoms. The van der Waals surface area contributed by atoms with Gasteiger partial charge in [-0.05, 0) is 37.6 Å². The van der Waals surface area contributed by atoms with Crippen LogP contribution in [0.15, 0.2) is 24.3 Å². The molecule has 2 aliphatic heterocycles. The average molecular weight is 230 g/mol. The molecule has 0 bridgehead atoms. The Morgan fingerprint density at radius 2 is 1.88 bits per heavy atom. The molecule has 2 heterocycles. The van der Waals surface area contributed by atoms with Crippen LogP contribution in [0.3, 0.4) is 0 Å². The van der Waals surface area contributed by atoms with Crippen molar-refractivity contribution in [3.8, 4) is 0 Å². The Bertz CT molecular complexity index is 419. The van der Waals surface area contributed by atoms with Crippen molar-refractivity contribution in [1.82, 2.24) is 9.80 Å². The summed E-state index contributed by atoms with van der Waals surface area (Å²) in [7, 11) is 2.05. The van der Waals surface area contributed by atoms with Crippen molar-refractivity contribution in [2.75, 3.05) is 13.6 Å². The molecule has 3 heteroatoms. The van der Waals surface area contributed by atoms with Crippen LogP contribution in [0, 0.1) is 0 Å². The van der Waals surface area contributed by atoms with Crippen LogP contribution in [-0.4, -0.2) is 35.3 Å². The van der Waals surface area contributed by atoms with Gasteiger partial charge in [0.05, 0.1) is 6.04 Å². The number of hydrogen-bond donors (Lipinski definition) is 0. The first-order valence-corrected chi connectivity index (χ1v) is 6.31. The fourth-order valence-electron chi connectivity index (χ4n) is 2.92. The zero-order valence-electron chi connectivity index (χ0n) is 10.2. The third kappa shape index (κ3) is 1.84. The lowest BCUT2D eigenvalue weighted by atomic mass is 10.1. The second kappa shape index (κ2) is 4.15. The quantitative estimate of drug-likeness (QED) is 0.732. The molecule has 17 heavy (non-hydrogen) atoms. The first kappa shape index (κ1) is 10.8.